The zero-order valence-corrected chi connectivity index (χ0v) is 17.4. The second-order valence-electron chi connectivity index (χ2n) is 8.26. The third-order valence-corrected chi connectivity index (χ3v) is 7.20. The van der Waals surface area contributed by atoms with E-state index < -0.39 is 0 Å². The first kappa shape index (κ1) is 18.7. The van der Waals surface area contributed by atoms with Crippen molar-refractivity contribution in [2.45, 2.75) is 39.5 Å². The summed E-state index contributed by atoms with van der Waals surface area (Å²) in [7, 11) is 0. The van der Waals surface area contributed by atoms with Crippen LogP contribution >= 0.6 is 11.3 Å². The van der Waals surface area contributed by atoms with Gasteiger partial charge >= 0.3 is 0 Å². The highest BCUT2D eigenvalue weighted by molar-refractivity contribution is 7.09. The summed E-state index contributed by atoms with van der Waals surface area (Å²) >= 11 is 1.85. The molecule has 144 valence electrons. The average Bonchev–Trinajstić information content (AvgIpc) is 3.29. The summed E-state index contributed by atoms with van der Waals surface area (Å²) in [6.07, 6.45) is 3.95. The second-order valence-corrected chi connectivity index (χ2v) is 9.29. The van der Waals surface area contributed by atoms with Gasteiger partial charge in [0.15, 0.2) is 0 Å². The Labute approximate surface area is 167 Å². The zero-order valence-electron chi connectivity index (χ0n) is 16.5. The van der Waals surface area contributed by atoms with Gasteiger partial charge in [-0.15, -0.1) is 11.3 Å². The molecule has 27 heavy (non-hydrogen) atoms. The lowest BCUT2D eigenvalue weighted by molar-refractivity contribution is -0.130. The van der Waals surface area contributed by atoms with Crippen LogP contribution in [0.4, 0.5) is 0 Å². The van der Waals surface area contributed by atoms with E-state index in [1.165, 1.54) is 40.1 Å². The van der Waals surface area contributed by atoms with Gasteiger partial charge in [-0.25, -0.2) is 0 Å². The molecule has 0 N–H and O–H groups in total. The fourth-order valence-corrected chi connectivity index (χ4v) is 5.18. The van der Waals surface area contributed by atoms with E-state index in [1.807, 2.05) is 11.3 Å². The molecule has 1 fully saturated rings. The Balaban J connectivity index is 1.31. The molecule has 1 aromatic heterocycles. The molecule has 1 saturated heterocycles. The number of nitrogens with zero attached hydrogens (tertiary/aromatic N) is 2. The quantitative estimate of drug-likeness (QED) is 0.784. The number of thiophene rings is 1. The van der Waals surface area contributed by atoms with E-state index in [9.17, 15) is 4.79 Å². The van der Waals surface area contributed by atoms with Crippen molar-refractivity contribution in [3.63, 3.8) is 0 Å². The monoisotopic (exact) mass is 382 g/mol. The van der Waals surface area contributed by atoms with Crippen LogP contribution in [0.2, 0.25) is 0 Å². The average molecular weight is 383 g/mol. The molecule has 0 aliphatic carbocycles. The van der Waals surface area contributed by atoms with Crippen LogP contribution in [-0.4, -0.2) is 48.4 Å². The fourth-order valence-electron chi connectivity index (χ4n) is 4.48. The topological polar surface area (TPSA) is 23.6 Å². The SMILES string of the molecule is Cc1cc2c(cc1C)CC(=O)N(CC1CCN(CCc3cccs3)C1)CC2. The van der Waals surface area contributed by atoms with Crippen molar-refractivity contribution >= 4 is 17.2 Å². The van der Waals surface area contributed by atoms with E-state index in [2.05, 4.69) is 53.3 Å². The van der Waals surface area contributed by atoms with E-state index in [0.717, 1.165) is 39.0 Å². The van der Waals surface area contributed by atoms with Crippen LogP contribution in [0.15, 0.2) is 29.6 Å². The highest BCUT2D eigenvalue weighted by Crippen LogP contribution is 2.24. The normalized spacial score (nSPS) is 20.7. The standard InChI is InChI=1S/C23H30N2OS/c1-17-12-20-6-10-25(23(26)14-21(20)13-18(17)2)16-19-5-8-24(15-19)9-7-22-4-3-11-27-22/h3-4,11-13,19H,5-10,14-16H2,1-2H3. The van der Waals surface area contributed by atoms with E-state index in [0.29, 0.717) is 18.2 Å². The van der Waals surface area contributed by atoms with Gasteiger partial charge in [-0.05, 0) is 79.3 Å². The number of amides is 1. The molecule has 2 aliphatic heterocycles. The van der Waals surface area contributed by atoms with Gasteiger partial charge < -0.3 is 9.80 Å². The molecular weight excluding hydrogens is 352 g/mol. The van der Waals surface area contributed by atoms with Crippen molar-refractivity contribution in [2.75, 3.05) is 32.7 Å². The van der Waals surface area contributed by atoms with E-state index in [4.69, 9.17) is 0 Å². The molecule has 1 aromatic carbocycles. The minimum Gasteiger partial charge on any atom is -0.342 e. The van der Waals surface area contributed by atoms with Crippen LogP contribution in [-0.2, 0) is 24.1 Å². The summed E-state index contributed by atoms with van der Waals surface area (Å²) in [5.41, 5.74) is 5.26. The first-order chi connectivity index (χ1) is 13.1. The Morgan fingerprint density at radius 1 is 1.15 bits per heavy atom. The van der Waals surface area contributed by atoms with Gasteiger partial charge in [-0.3, -0.25) is 4.79 Å². The second kappa shape index (κ2) is 8.15. The molecule has 3 heterocycles. The van der Waals surface area contributed by atoms with Gasteiger partial charge in [0.2, 0.25) is 5.91 Å². The largest absolute Gasteiger partial charge is 0.342 e. The number of hydrogen-bond donors (Lipinski definition) is 0. The number of aryl methyl sites for hydroxylation is 2. The predicted octanol–water partition coefficient (Wildman–Crippen LogP) is 3.86. The number of rotatable bonds is 5. The molecule has 3 nitrogen and oxygen atoms in total. The lowest BCUT2D eigenvalue weighted by Gasteiger charge is -2.24. The van der Waals surface area contributed by atoms with Gasteiger partial charge in [-0.1, -0.05) is 18.2 Å². The van der Waals surface area contributed by atoms with Crippen molar-refractivity contribution in [3.8, 4) is 0 Å². The molecule has 1 amide bonds. The molecule has 0 saturated carbocycles. The lowest BCUT2D eigenvalue weighted by Crippen LogP contribution is -2.37. The summed E-state index contributed by atoms with van der Waals surface area (Å²) in [5, 5.41) is 2.16. The fraction of sp³-hybridized carbons (Fsp3) is 0.522. The number of hydrogen-bond acceptors (Lipinski definition) is 3. The Morgan fingerprint density at radius 2 is 1.96 bits per heavy atom. The number of fused-ring (bicyclic) bond motifs is 1. The lowest BCUT2D eigenvalue weighted by atomic mass is 9.97. The molecule has 4 rings (SSSR count). The molecule has 0 bridgehead atoms. The van der Waals surface area contributed by atoms with Crippen LogP contribution in [0.5, 0.6) is 0 Å². The predicted molar refractivity (Wildman–Crippen MR) is 112 cm³/mol. The summed E-state index contributed by atoms with van der Waals surface area (Å²) in [5.74, 6) is 0.941. The Morgan fingerprint density at radius 3 is 2.74 bits per heavy atom. The van der Waals surface area contributed by atoms with Gasteiger partial charge in [0.05, 0.1) is 6.42 Å². The third-order valence-electron chi connectivity index (χ3n) is 6.26. The summed E-state index contributed by atoms with van der Waals surface area (Å²) in [6.45, 7) is 9.59. The maximum Gasteiger partial charge on any atom is 0.227 e. The molecular formula is C23H30N2OS. The number of benzene rings is 1. The highest BCUT2D eigenvalue weighted by atomic mass is 32.1. The van der Waals surface area contributed by atoms with Crippen LogP contribution < -0.4 is 0 Å². The number of carbonyl (C=O) groups excluding carboxylic acids is 1. The van der Waals surface area contributed by atoms with Crippen LogP contribution in [0.3, 0.4) is 0 Å². The van der Waals surface area contributed by atoms with Crippen LogP contribution in [0, 0.1) is 19.8 Å². The Hall–Kier alpha value is -1.65. The third kappa shape index (κ3) is 4.44. The van der Waals surface area contributed by atoms with Crippen LogP contribution in [0.25, 0.3) is 0 Å². The smallest absolute Gasteiger partial charge is 0.227 e. The first-order valence-electron chi connectivity index (χ1n) is 10.2. The Kier molecular flexibility index (Phi) is 5.65. The van der Waals surface area contributed by atoms with E-state index >= 15 is 0 Å². The maximum absolute atomic E-state index is 12.8. The molecule has 0 spiro atoms. The van der Waals surface area contributed by atoms with Crippen LogP contribution in [0.1, 0.15) is 33.6 Å². The molecule has 1 atom stereocenters. The highest BCUT2D eigenvalue weighted by Gasteiger charge is 2.28. The van der Waals surface area contributed by atoms with Gasteiger partial charge in [0.1, 0.15) is 0 Å². The molecule has 4 heteroatoms. The zero-order chi connectivity index (χ0) is 18.8. The molecule has 0 radical (unpaired) electrons. The van der Waals surface area contributed by atoms with Gasteiger partial charge in [-0.2, -0.15) is 0 Å². The maximum atomic E-state index is 12.8. The van der Waals surface area contributed by atoms with Crippen molar-refractivity contribution in [1.82, 2.24) is 9.80 Å². The minimum absolute atomic E-state index is 0.314. The molecule has 2 aliphatic rings. The van der Waals surface area contributed by atoms with Gasteiger partial charge in [0, 0.05) is 31.1 Å². The first-order valence-corrected chi connectivity index (χ1v) is 11.1. The summed E-state index contributed by atoms with van der Waals surface area (Å²) < 4.78 is 0. The number of likely N-dealkylation sites (tertiary alicyclic amines) is 1. The summed E-state index contributed by atoms with van der Waals surface area (Å²) in [4.78, 5) is 19.0. The number of carbonyl (C=O) groups is 1. The summed E-state index contributed by atoms with van der Waals surface area (Å²) in [6, 6.07) is 8.89. The van der Waals surface area contributed by atoms with Crippen molar-refractivity contribution in [1.29, 1.82) is 0 Å². The van der Waals surface area contributed by atoms with Crippen molar-refractivity contribution in [2.24, 2.45) is 5.92 Å². The van der Waals surface area contributed by atoms with Gasteiger partial charge in [0.25, 0.3) is 0 Å². The van der Waals surface area contributed by atoms with E-state index in [1.54, 1.807) is 0 Å². The van der Waals surface area contributed by atoms with Crippen molar-refractivity contribution in [3.05, 3.63) is 56.8 Å². The Bertz CT molecular complexity index is 799. The van der Waals surface area contributed by atoms with E-state index in [-0.39, 0.29) is 0 Å². The van der Waals surface area contributed by atoms with Crippen molar-refractivity contribution < 1.29 is 4.79 Å². The molecule has 1 unspecified atom stereocenters. The minimum atomic E-state index is 0.314. The molecule has 2 aromatic rings.